The molecule has 8 nitrogen and oxygen atoms in total. The molecule has 0 saturated heterocycles. The van der Waals surface area contributed by atoms with Crippen LogP contribution in [0.25, 0.3) is 6.08 Å². The van der Waals surface area contributed by atoms with Crippen molar-refractivity contribution >= 4 is 29.7 Å². The van der Waals surface area contributed by atoms with Crippen LogP contribution in [-0.4, -0.2) is 55.1 Å². The monoisotopic (exact) mass is 524 g/mol. The third-order valence-electron chi connectivity index (χ3n) is 4.70. The zero-order chi connectivity index (χ0) is 27.4. The first-order valence-corrected chi connectivity index (χ1v) is 10.7. The van der Waals surface area contributed by atoms with Gasteiger partial charge in [0.1, 0.15) is 6.04 Å². The normalized spacial score (nSPS) is 12.3. The summed E-state index contributed by atoms with van der Waals surface area (Å²) in [5.41, 5.74) is 1.70. The minimum absolute atomic E-state index is 0.0838. The van der Waals surface area contributed by atoms with Gasteiger partial charge in [-0.2, -0.15) is 26.3 Å². The minimum Gasteiger partial charge on any atom is -0.354 e. The van der Waals surface area contributed by atoms with Crippen LogP contribution >= 0.6 is 0 Å². The highest BCUT2D eigenvalue weighted by Gasteiger charge is 2.41. The summed E-state index contributed by atoms with van der Waals surface area (Å²) in [5, 5.41) is 7.97. The van der Waals surface area contributed by atoms with Gasteiger partial charge in [0.2, 0.25) is 11.8 Å². The lowest BCUT2D eigenvalue weighted by molar-refractivity contribution is -0.174. The fraction of sp³-hybridized carbons (Fsp3) is 0.455. The van der Waals surface area contributed by atoms with E-state index in [0.717, 1.165) is 11.1 Å². The number of unbranched alkanes of at least 4 members (excludes halogenated alkanes) is 1. The third kappa shape index (κ3) is 11.7. The van der Waals surface area contributed by atoms with E-state index >= 15 is 0 Å². The van der Waals surface area contributed by atoms with Crippen LogP contribution in [0.2, 0.25) is 0 Å². The Bertz CT molecular complexity index is 917. The predicted molar refractivity (Wildman–Crippen MR) is 117 cm³/mol. The first-order chi connectivity index (χ1) is 16.7. The van der Waals surface area contributed by atoms with Crippen molar-refractivity contribution in [1.29, 1.82) is 0 Å². The van der Waals surface area contributed by atoms with E-state index in [2.05, 4.69) is 17.2 Å². The Morgan fingerprint density at radius 2 is 1.44 bits per heavy atom. The van der Waals surface area contributed by atoms with E-state index in [-0.39, 0.29) is 38.8 Å². The second-order valence-corrected chi connectivity index (χ2v) is 7.54. The quantitative estimate of drug-likeness (QED) is 0.234. The van der Waals surface area contributed by atoms with Gasteiger partial charge < -0.3 is 21.3 Å². The Morgan fingerprint density at radius 3 is 2.00 bits per heavy atom. The van der Waals surface area contributed by atoms with Crippen LogP contribution < -0.4 is 21.3 Å². The summed E-state index contributed by atoms with van der Waals surface area (Å²) in [6.45, 7) is 3.16. The van der Waals surface area contributed by atoms with E-state index in [1.54, 1.807) is 35.7 Å². The summed E-state index contributed by atoms with van der Waals surface area (Å²) in [6, 6.07) is 5.51. The Morgan fingerprint density at radius 1 is 0.833 bits per heavy atom. The topological polar surface area (TPSA) is 116 Å². The van der Waals surface area contributed by atoms with Crippen molar-refractivity contribution in [2.75, 3.05) is 13.1 Å². The highest BCUT2D eigenvalue weighted by atomic mass is 19.4. The standard InChI is InChI=1S/C22H26F6N4O4/c1-2-14-6-8-15(9-7-14)13-31-17(33)10-12-29-18(34)16(32-20(36)22(26,27)28)5-3-4-11-30-19(35)21(23,24)25/h2,6-9,16H,1,3-5,10-13H2,(H,29,34)(H,30,35)(H,31,33)(H,32,36)/t16-/m1/s1. The van der Waals surface area contributed by atoms with Crippen LogP contribution in [0.3, 0.4) is 0 Å². The fourth-order valence-corrected chi connectivity index (χ4v) is 2.77. The zero-order valence-electron chi connectivity index (χ0n) is 19.0. The van der Waals surface area contributed by atoms with Crippen molar-refractivity contribution in [2.24, 2.45) is 0 Å². The second kappa shape index (κ2) is 14.1. The number of nitrogens with one attached hydrogen (secondary N) is 4. The molecule has 0 fully saturated rings. The molecule has 0 aromatic heterocycles. The van der Waals surface area contributed by atoms with Crippen molar-refractivity contribution < 1.29 is 45.5 Å². The number of hydrogen-bond donors (Lipinski definition) is 4. The van der Waals surface area contributed by atoms with E-state index in [9.17, 15) is 45.5 Å². The molecule has 4 amide bonds. The lowest BCUT2D eigenvalue weighted by Gasteiger charge is -2.19. The van der Waals surface area contributed by atoms with Crippen LogP contribution in [0.1, 0.15) is 36.8 Å². The van der Waals surface area contributed by atoms with Crippen LogP contribution in [0.5, 0.6) is 0 Å². The van der Waals surface area contributed by atoms with Crippen LogP contribution in [0.4, 0.5) is 26.3 Å². The predicted octanol–water partition coefficient (Wildman–Crippen LogP) is 2.35. The molecule has 0 bridgehead atoms. The molecule has 0 aliphatic carbocycles. The third-order valence-corrected chi connectivity index (χ3v) is 4.70. The summed E-state index contributed by atoms with van der Waals surface area (Å²) in [6.07, 6.45) is -9.40. The summed E-state index contributed by atoms with van der Waals surface area (Å²) in [7, 11) is 0. The Balaban J connectivity index is 2.50. The number of halogens is 6. The first-order valence-electron chi connectivity index (χ1n) is 10.7. The summed E-state index contributed by atoms with van der Waals surface area (Å²) in [5.74, 6) is -5.98. The fourth-order valence-electron chi connectivity index (χ4n) is 2.77. The molecular formula is C22H26F6N4O4. The molecule has 200 valence electrons. The zero-order valence-corrected chi connectivity index (χ0v) is 19.0. The Labute approximate surface area is 202 Å². The van der Waals surface area contributed by atoms with Gasteiger partial charge in [0.15, 0.2) is 0 Å². The van der Waals surface area contributed by atoms with Gasteiger partial charge >= 0.3 is 24.2 Å². The van der Waals surface area contributed by atoms with Gasteiger partial charge in [0.05, 0.1) is 0 Å². The van der Waals surface area contributed by atoms with E-state index in [1.165, 1.54) is 5.32 Å². The number of hydrogen-bond acceptors (Lipinski definition) is 4. The van der Waals surface area contributed by atoms with Gasteiger partial charge in [-0.1, -0.05) is 36.9 Å². The molecule has 14 heteroatoms. The molecule has 1 aromatic carbocycles. The number of rotatable bonds is 13. The van der Waals surface area contributed by atoms with Gasteiger partial charge in [-0.25, -0.2) is 0 Å². The van der Waals surface area contributed by atoms with E-state index in [0.29, 0.717) is 0 Å². The van der Waals surface area contributed by atoms with E-state index < -0.39 is 48.6 Å². The largest absolute Gasteiger partial charge is 0.471 e. The second-order valence-electron chi connectivity index (χ2n) is 7.54. The number of carbonyl (C=O) groups is 4. The summed E-state index contributed by atoms with van der Waals surface area (Å²) >= 11 is 0. The van der Waals surface area contributed by atoms with Gasteiger partial charge in [0, 0.05) is 26.1 Å². The molecule has 0 radical (unpaired) electrons. The molecule has 0 saturated carbocycles. The molecule has 36 heavy (non-hydrogen) atoms. The molecule has 0 aliphatic rings. The number of benzene rings is 1. The van der Waals surface area contributed by atoms with Gasteiger partial charge in [0.25, 0.3) is 0 Å². The van der Waals surface area contributed by atoms with E-state index in [1.807, 2.05) is 0 Å². The van der Waals surface area contributed by atoms with Gasteiger partial charge in [-0.3, -0.25) is 19.2 Å². The van der Waals surface area contributed by atoms with Gasteiger partial charge in [-0.05, 0) is 30.4 Å². The van der Waals surface area contributed by atoms with Crippen molar-refractivity contribution in [3.63, 3.8) is 0 Å². The molecule has 0 aliphatic heterocycles. The Hall–Kier alpha value is -3.58. The highest BCUT2D eigenvalue weighted by molar-refractivity contribution is 5.90. The minimum atomic E-state index is -5.26. The maximum atomic E-state index is 12.6. The Kier molecular flexibility index (Phi) is 11.9. The average molecular weight is 524 g/mol. The van der Waals surface area contributed by atoms with Crippen molar-refractivity contribution in [3.05, 3.63) is 42.0 Å². The molecule has 1 rings (SSSR count). The summed E-state index contributed by atoms with van der Waals surface area (Å²) < 4.78 is 74.2. The maximum Gasteiger partial charge on any atom is 0.471 e. The molecule has 0 spiro atoms. The van der Waals surface area contributed by atoms with Gasteiger partial charge in [-0.15, -0.1) is 0 Å². The number of amides is 4. The van der Waals surface area contributed by atoms with Crippen LogP contribution in [0.15, 0.2) is 30.8 Å². The molecule has 0 heterocycles. The SMILES string of the molecule is C=Cc1ccc(CNC(=O)CCNC(=O)[C@@H](CCCCNC(=O)C(F)(F)F)NC(=O)C(F)(F)F)cc1. The first kappa shape index (κ1) is 30.5. The number of alkyl halides is 6. The lowest BCUT2D eigenvalue weighted by atomic mass is 10.1. The average Bonchev–Trinajstić information content (AvgIpc) is 2.80. The van der Waals surface area contributed by atoms with E-state index in [4.69, 9.17) is 0 Å². The molecule has 1 aromatic rings. The molecule has 4 N–H and O–H groups in total. The molecule has 1 atom stereocenters. The molecule has 0 unspecified atom stereocenters. The van der Waals surface area contributed by atoms with Crippen molar-refractivity contribution in [2.45, 2.75) is 50.6 Å². The van der Waals surface area contributed by atoms with Crippen LogP contribution in [-0.2, 0) is 25.7 Å². The summed E-state index contributed by atoms with van der Waals surface area (Å²) in [4.78, 5) is 46.2. The lowest BCUT2D eigenvalue weighted by Crippen LogP contribution is -2.51. The van der Waals surface area contributed by atoms with Crippen molar-refractivity contribution in [1.82, 2.24) is 21.3 Å². The number of carbonyl (C=O) groups excluding carboxylic acids is 4. The highest BCUT2D eigenvalue weighted by Crippen LogP contribution is 2.16. The van der Waals surface area contributed by atoms with Crippen LogP contribution in [0, 0.1) is 0 Å². The maximum absolute atomic E-state index is 12.6. The van der Waals surface area contributed by atoms with Crippen molar-refractivity contribution in [3.8, 4) is 0 Å². The smallest absolute Gasteiger partial charge is 0.354 e. The molecular weight excluding hydrogens is 498 g/mol.